The van der Waals surface area contributed by atoms with Crippen LogP contribution in [0, 0.1) is 11.7 Å². The zero-order valence-corrected chi connectivity index (χ0v) is 23.9. The van der Waals surface area contributed by atoms with Gasteiger partial charge in [0.05, 0.1) is 6.54 Å². The summed E-state index contributed by atoms with van der Waals surface area (Å²) < 4.78 is 16.4. The number of carbonyl (C=O) groups is 2. The Morgan fingerprint density at radius 3 is 2.45 bits per heavy atom. The van der Waals surface area contributed by atoms with Crippen molar-refractivity contribution in [2.75, 3.05) is 13.1 Å². The maximum atomic E-state index is 13.9. The van der Waals surface area contributed by atoms with Gasteiger partial charge < -0.3 is 14.4 Å². The fraction of sp³-hybridized carbons (Fsp3) is 0.419. The highest BCUT2D eigenvalue weighted by molar-refractivity contribution is 9.10. The molecule has 2 amide bonds. The molecule has 1 aliphatic carbocycles. The van der Waals surface area contributed by atoms with E-state index in [-0.39, 0.29) is 36.1 Å². The first kappa shape index (κ1) is 28.1. The summed E-state index contributed by atoms with van der Waals surface area (Å²) in [6.07, 6.45) is 7.38. The first-order valence-corrected chi connectivity index (χ1v) is 14.3. The van der Waals surface area contributed by atoms with Crippen molar-refractivity contribution in [2.45, 2.75) is 65.1 Å². The Bertz CT molecular complexity index is 1220. The number of carbonyl (C=O) groups excluding carboxylic acids is 2. The van der Waals surface area contributed by atoms with Crippen molar-refractivity contribution >= 4 is 27.7 Å². The number of aromatic nitrogens is 1. The van der Waals surface area contributed by atoms with Crippen LogP contribution in [-0.2, 0) is 17.9 Å². The lowest BCUT2D eigenvalue weighted by Crippen LogP contribution is -2.48. The number of amides is 2. The second-order valence-corrected chi connectivity index (χ2v) is 11.6. The summed E-state index contributed by atoms with van der Waals surface area (Å²) in [5, 5.41) is 0. The zero-order chi connectivity index (χ0) is 27.1. The van der Waals surface area contributed by atoms with Crippen molar-refractivity contribution in [1.82, 2.24) is 14.4 Å². The minimum absolute atomic E-state index is 0.0181. The average molecular weight is 583 g/mol. The van der Waals surface area contributed by atoms with Gasteiger partial charge in [0, 0.05) is 41.1 Å². The molecule has 0 unspecified atom stereocenters. The molecule has 5 nitrogen and oxygen atoms in total. The number of nitrogens with zero attached hydrogens (tertiary/aromatic N) is 3. The first-order valence-electron chi connectivity index (χ1n) is 13.5. The average Bonchev–Trinajstić information content (AvgIpc) is 3.34. The quantitative estimate of drug-likeness (QED) is 0.261. The van der Waals surface area contributed by atoms with Gasteiger partial charge in [0.1, 0.15) is 12.4 Å². The molecule has 1 saturated carbocycles. The molecule has 0 radical (unpaired) electrons. The third-order valence-electron chi connectivity index (χ3n) is 7.13. The number of halogens is 2. The molecule has 0 bridgehead atoms. The maximum absolute atomic E-state index is 13.9. The lowest BCUT2D eigenvalue weighted by Gasteiger charge is -2.36. The van der Waals surface area contributed by atoms with Gasteiger partial charge in [-0.3, -0.25) is 9.59 Å². The van der Waals surface area contributed by atoms with Crippen molar-refractivity contribution in [3.63, 3.8) is 0 Å². The summed E-state index contributed by atoms with van der Waals surface area (Å²) in [6, 6.07) is 18.1. The minimum Gasteiger partial charge on any atom is -0.345 e. The van der Waals surface area contributed by atoms with Crippen LogP contribution in [0.4, 0.5) is 4.39 Å². The molecule has 0 N–H and O–H groups in total. The van der Waals surface area contributed by atoms with Crippen LogP contribution in [0.25, 0.3) is 0 Å². The summed E-state index contributed by atoms with van der Waals surface area (Å²) in [7, 11) is 0. The van der Waals surface area contributed by atoms with Gasteiger partial charge in [0.25, 0.3) is 5.91 Å². The molecule has 38 heavy (non-hydrogen) atoms. The number of hydrogen-bond donors (Lipinski definition) is 0. The fourth-order valence-electron chi connectivity index (χ4n) is 5.24. The zero-order valence-electron chi connectivity index (χ0n) is 22.3. The van der Waals surface area contributed by atoms with Gasteiger partial charge in [0.2, 0.25) is 5.91 Å². The molecule has 0 aliphatic heterocycles. The molecule has 1 aromatic heterocycles. The second-order valence-electron chi connectivity index (χ2n) is 10.7. The van der Waals surface area contributed by atoms with Crippen LogP contribution < -0.4 is 0 Å². The highest BCUT2D eigenvalue weighted by atomic mass is 79.9. The van der Waals surface area contributed by atoms with Crippen molar-refractivity contribution < 1.29 is 14.0 Å². The topological polar surface area (TPSA) is 45.6 Å². The van der Waals surface area contributed by atoms with Gasteiger partial charge in [-0.2, -0.15) is 0 Å². The highest BCUT2D eigenvalue weighted by Crippen LogP contribution is 2.25. The summed E-state index contributed by atoms with van der Waals surface area (Å²) in [6.45, 7) is 5.78. The lowest BCUT2D eigenvalue weighted by molar-refractivity contribution is -0.135. The fourth-order valence-corrected chi connectivity index (χ4v) is 5.64. The van der Waals surface area contributed by atoms with Crippen LogP contribution in [0.1, 0.15) is 67.6 Å². The molecule has 0 saturated heterocycles. The van der Waals surface area contributed by atoms with E-state index in [1.807, 2.05) is 35.4 Å². The van der Waals surface area contributed by atoms with Crippen LogP contribution in [0.5, 0.6) is 0 Å². The van der Waals surface area contributed by atoms with E-state index >= 15 is 0 Å². The lowest BCUT2D eigenvalue weighted by atomic mass is 9.94. The molecular formula is C31H37BrFN3O2. The standard InChI is InChI=1S/C31H37BrFN3O2/c1-23(2)19-35(31(38)25-8-6-9-26(32)18-25)22-30(37)36(28-10-4-3-5-11-28)21-29-12-7-17-34(29)20-24-13-15-27(33)16-14-24/h6-9,12-18,23,28H,3-5,10-11,19-22H2,1-2H3. The number of benzene rings is 2. The summed E-state index contributed by atoms with van der Waals surface area (Å²) in [5.74, 6) is -0.166. The van der Waals surface area contributed by atoms with Crippen molar-refractivity contribution in [1.29, 1.82) is 0 Å². The first-order chi connectivity index (χ1) is 18.3. The van der Waals surface area contributed by atoms with E-state index in [9.17, 15) is 14.0 Å². The molecular weight excluding hydrogens is 545 g/mol. The highest BCUT2D eigenvalue weighted by Gasteiger charge is 2.29. The van der Waals surface area contributed by atoms with Crippen LogP contribution in [-0.4, -0.2) is 45.3 Å². The van der Waals surface area contributed by atoms with Crippen LogP contribution in [0.3, 0.4) is 0 Å². The molecule has 0 spiro atoms. The Kier molecular flexibility index (Phi) is 9.78. The van der Waals surface area contributed by atoms with E-state index in [0.29, 0.717) is 25.2 Å². The maximum Gasteiger partial charge on any atom is 0.254 e. The van der Waals surface area contributed by atoms with Crippen molar-refractivity contribution in [3.8, 4) is 0 Å². The Morgan fingerprint density at radius 2 is 1.76 bits per heavy atom. The van der Waals surface area contributed by atoms with Crippen molar-refractivity contribution in [2.24, 2.45) is 5.92 Å². The largest absolute Gasteiger partial charge is 0.345 e. The Morgan fingerprint density at radius 1 is 1.03 bits per heavy atom. The van der Waals surface area contributed by atoms with Crippen LogP contribution in [0.2, 0.25) is 0 Å². The van der Waals surface area contributed by atoms with E-state index in [0.717, 1.165) is 41.4 Å². The van der Waals surface area contributed by atoms with E-state index in [1.165, 1.54) is 18.6 Å². The van der Waals surface area contributed by atoms with E-state index in [4.69, 9.17) is 0 Å². The summed E-state index contributed by atoms with van der Waals surface area (Å²) >= 11 is 3.46. The van der Waals surface area contributed by atoms with Crippen LogP contribution in [0.15, 0.2) is 71.3 Å². The summed E-state index contributed by atoms with van der Waals surface area (Å²) in [4.78, 5) is 31.1. The van der Waals surface area contributed by atoms with Gasteiger partial charge in [-0.1, -0.05) is 67.2 Å². The monoisotopic (exact) mass is 581 g/mol. The third kappa shape index (κ3) is 7.56. The van der Waals surface area contributed by atoms with Crippen LogP contribution >= 0.6 is 15.9 Å². The van der Waals surface area contributed by atoms with E-state index in [1.54, 1.807) is 29.2 Å². The molecule has 3 aromatic rings. The Balaban J connectivity index is 1.55. The number of rotatable bonds is 10. The van der Waals surface area contributed by atoms with Crippen molar-refractivity contribution in [3.05, 3.63) is 94.0 Å². The Hall–Kier alpha value is -2.93. The van der Waals surface area contributed by atoms with Gasteiger partial charge in [0.15, 0.2) is 0 Å². The molecule has 7 heteroatoms. The predicted molar refractivity (Wildman–Crippen MR) is 152 cm³/mol. The molecule has 2 aromatic carbocycles. The molecule has 4 rings (SSSR count). The normalized spacial score (nSPS) is 14.0. The SMILES string of the molecule is CC(C)CN(CC(=O)N(Cc1cccn1Cc1ccc(F)cc1)C1CCCCC1)C(=O)c1cccc(Br)c1. The summed E-state index contributed by atoms with van der Waals surface area (Å²) in [5.41, 5.74) is 2.61. The Labute approximate surface area is 233 Å². The van der Waals surface area contributed by atoms with Gasteiger partial charge >= 0.3 is 0 Å². The molecule has 1 heterocycles. The second kappa shape index (κ2) is 13.2. The molecule has 0 atom stereocenters. The number of hydrogen-bond acceptors (Lipinski definition) is 2. The minimum atomic E-state index is -0.251. The molecule has 1 aliphatic rings. The van der Waals surface area contributed by atoms with Gasteiger partial charge in [-0.15, -0.1) is 0 Å². The predicted octanol–water partition coefficient (Wildman–Crippen LogP) is 6.90. The van der Waals surface area contributed by atoms with E-state index < -0.39 is 0 Å². The third-order valence-corrected chi connectivity index (χ3v) is 7.62. The molecule has 202 valence electrons. The molecule has 1 fully saturated rings. The van der Waals surface area contributed by atoms with E-state index in [2.05, 4.69) is 34.3 Å². The van der Waals surface area contributed by atoms with Gasteiger partial charge in [-0.05, 0) is 66.8 Å². The smallest absolute Gasteiger partial charge is 0.254 e. The van der Waals surface area contributed by atoms with Gasteiger partial charge in [-0.25, -0.2) is 4.39 Å².